The van der Waals surface area contributed by atoms with E-state index >= 15 is 0 Å². The third-order valence-corrected chi connectivity index (χ3v) is 3.02. The van der Waals surface area contributed by atoms with Crippen molar-refractivity contribution in [2.75, 3.05) is 32.9 Å². The zero-order valence-electron chi connectivity index (χ0n) is 9.19. The molecule has 1 saturated heterocycles. The van der Waals surface area contributed by atoms with E-state index in [4.69, 9.17) is 0 Å². The number of phenols is 1. The lowest BCUT2D eigenvalue weighted by atomic mass is 10.1. The Morgan fingerprint density at radius 1 is 1.25 bits per heavy atom. The SMILES string of the molecule is Oc1ccc([C@@H](CF)N2CCNCC2)cc1. The molecule has 4 heteroatoms. The third kappa shape index (κ3) is 2.51. The molecular weight excluding hydrogens is 207 g/mol. The number of nitrogens with zero attached hydrogens (tertiary/aromatic N) is 1. The van der Waals surface area contributed by atoms with E-state index in [9.17, 15) is 9.50 Å². The van der Waals surface area contributed by atoms with E-state index < -0.39 is 0 Å². The molecule has 0 spiro atoms. The van der Waals surface area contributed by atoms with Gasteiger partial charge in [0.15, 0.2) is 0 Å². The maximum Gasteiger partial charge on any atom is 0.115 e. The van der Waals surface area contributed by atoms with E-state index in [0.717, 1.165) is 31.7 Å². The van der Waals surface area contributed by atoms with Gasteiger partial charge >= 0.3 is 0 Å². The van der Waals surface area contributed by atoms with Crippen molar-refractivity contribution in [2.24, 2.45) is 0 Å². The first kappa shape index (κ1) is 11.4. The molecule has 1 fully saturated rings. The Kier molecular flexibility index (Phi) is 3.74. The zero-order valence-corrected chi connectivity index (χ0v) is 9.19. The predicted molar refractivity (Wildman–Crippen MR) is 61.3 cm³/mol. The monoisotopic (exact) mass is 224 g/mol. The fraction of sp³-hybridized carbons (Fsp3) is 0.500. The Hall–Kier alpha value is -1.13. The van der Waals surface area contributed by atoms with Crippen LogP contribution in [0.5, 0.6) is 5.75 Å². The number of aromatic hydroxyl groups is 1. The molecule has 0 unspecified atom stereocenters. The summed E-state index contributed by atoms with van der Waals surface area (Å²) >= 11 is 0. The van der Waals surface area contributed by atoms with Gasteiger partial charge in [-0.1, -0.05) is 12.1 Å². The minimum atomic E-state index is -0.384. The molecule has 0 aromatic heterocycles. The first-order valence-corrected chi connectivity index (χ1v) is 5.61. The van der Waals surface area contributed by atoms with Gasteiger partial charge in [-0.3, -0.25) is 4.90 Å². The molecule has 1 aromatic rings. The van der Waals surface area contributed by atoms with Crippen molar-refractivity contribution in [3.8, 4) is 5.75 Å². The second-order valence-corrected chi connectivity index (χ2v) is 4.05. The van der Waals surface area contributed by atoms with Crippen LogP contribution >= 0.6 is 0 Å². The number of rotatable bonds is 3. The molecule has 1 aliphatic heterocycles. The van der Waals surface area contributed by atoms with Crippen molar-refractivity contribution < 1.29 is 9.50 Å². The zero-order chi connectivity index (χ0) is 11.4. The average Bonchev–Trinajstić information content (AvgIpc) is 2.34. The Balaban J connectivity index is 2.11. The maximum atomic E-state index is 13.1. The second kappa shape index (κ2) is 5.27. The van der Waals surface area contributed by atoms with Crippen LogP contribution in [0.4, 0.5) is 4.39 Å². The van der Waals surface area contributed by atoms with E-state index in [1.807, 2.05) is 0 Å². The van der Waals surface area contributed by atoms with Gasteiger partial charge in [0.1, 0.15) is 12.4 Å². The van der Waals surface area contributed by atoms with Gasteiger partial charge in [-0.25, -0.2) is 4.39 Å². The quantitative estimate of drug-likeness (QED) is 0.812. The number of halogens is 1. The third-order valence-electron chi connectivity index (χ3n) is 3.02. The summed E-state index contributed by atoms with van der Waals surface area (Å²) in [5.41, 5.74) is 0.933. The number of piperazine rings is 1. The van der Waals surface area contributed by atoms with Crippen molar-refractivity contribution in [1.29, 1.82) is 0 Å². The van der Waals surface area contributed by atoms with Gasteiger partial charge in [-0.2, -0.15) is 0 Å². The van der Waals surface area contributed by atoms with Gasteiger partial charge in [0.25, 0.3) is 0 Å². The normalized spacial score (nSPS) is 19.6. The van der Waals surface area contributed by atoms with Crippen LogP contribution in [0.2, 0.25) is 0 Å². The van der Waals surface area contributed by atoms with Crippen LogP contribution in [0, 0.1) is 0 Å². The molecule has 0 saturated carbocycles. The molecule has 1 heterocycles. The highest BCUT2D eigenvalue weighted by atomic mass is 19.1. The predicted octanol–water partition coefficient (Wildman–Crippen LogP) is 1.31. The summed E-state index contributed by atoms with van der Waals surface area (Å²) in [7, 11) is 0. The van der Waals surface area contributed by atoms with Crippen LogP contribution in [0.1, 0.15) is 11.6 Å². The van der Waals surface area contributed by atoms with Gasteiger partial charge in [0.05, 0.1) is 6.04 Å². The summed E-state index contributed by atoms with van der Waals surface area (Å²) in [5.74, 6) is 0.224. The van der Waals surface area contributed by atoms with E-state index in [1.54, 1.807) is 24.3 Å². The molecule has 2 rings (SSSR count). The molecule has 2 N–H and O–H groups in total. The molecule has 1 atom stereocenters. The van der Waals surface area contributed by atoms with Crippen LogP contribution in [0.15, 0.2) is 24.3 Å². The van der Waals surface area contributed by atoms with Crippen LogP contribution in [-0.2, 0) is 0 Å². The number of hydrogen-bond donors (Lipinski definition) is 2. The van der Waals surface area contributed by atoms with Gasteiger partial charge in [0, 0.05) is 26.2 Å². The lowest BCUT2D eigenvalue weighted by Crippen LogP contribution is -2.45. The van der Waals surface area contributed by atoms with Gasteiger partial charge < -0.3 is 10.4 Å². The van der Waals surface area contributed by atoms with Crippen molar-refractivity contribution in [1.82, 2.24) is 10.2 Å². The molecule has 1 aliphatic rings. The number of benzene rings is 1. The van der Waals surface area contributed by atoms with E-state index in [1.165, 1.54) is 0 Å². The van der Waals surface area contributed by atoms with Gasteiger partial charge in [-0.05, 0) is 17.7 Å². The summed E-state index contributed by atoms with van der Waals surface area (Å²) in [4.78, 5) is 2.14. The van der Waals surface area contributed by atoms with Crippen LogP contribution in [-0.4, -0.2) is 42.9 Å². The fourth-order valence-electron chi connectivity index (χ4n) is 2.09. The Morgan fingerprint density at radius 2 is 1.88 bits per heavy atom. The molecule has 16 heavy (non-hydrogen) atoms. The first-order chi connectivity index (χ1) is 7.81. The molecule has 0 aliphatic carbocycles. The minimum Gasteiger partial charge on any atom is -0.508 e. The van der Waals surface area contributed by atoms with Crippen molar-refractivity contribution in [2.45, 2.75) is 6.04 Å². The average molecular weight is 224 g/mol. The number of nitrogens with one attached hydrogen (secondary N) is 1. The van der Waals surface area contributed by atoms with Gasteiger partial charge in [0.2, 0.25) is 0 Å². The maximum absolute atomic E-state index is 13.1. The first-order valence-electron chi connectivity index (χ1n) is 5.61. The molecule has 0 radical (unpaired) electrons. The Bertz CT molecular complexity index is 322. The molecule has 88 valence electrons. The highest BCUT2D eigenvalue weighted by Crippen LogP contribution is 2.23. The standard InChI is InChI=1S/C12H17FN2O/c13-9-12(15-7-5-14-6-8-15)10-1-3-11(16)4-2-10/h1-4,12,14,16H,5-9H2/t12-/m1/s1. The summed E-state index contributed by atoms with van der Waals surface area (Å²) in [5, 5.41) is 12.5. The number of hydrogen-bond acceptors (Lipinski definition) is 3. The summed E-state index contributed by atoms with van der Waals surface area (Å²) in [6, 6.07) is 6.63. The van der Waals surface area contributed by atoms with Crippen molar-refractivity contribution >= 4 is 0 Å². The van der Waals surface area contributed by atoms with Gasteiger partial charge in [-0.15, -0.1) is 0 Å². The largest absolute Gasteiger partial charge is 0.508 e. The lowest BCUT2D eigenvalue weighted by molar-refractivity contribution is 0.147. The Morgan fingerprint density at radius 3 is 2.44 bits per heavy atom. The topological polar surface area (TPSA) is 35.5 Å². The molecule has 3 nitrogen and oxygen atoms in total. The highest BCUT2D eigenvalue weighted by molar-refractivity contribution is 5.28. The number of alkyl halides is 1. The van der Waals surface area contributed by atoms with E-state index in [-0.39, 0.29) is 18.5 Å². The second-order valence-electron chi connectivity index (χ2n) is 4.05. The lowest BCUT2D eigenvalue weighted by Gasteiger charge is -2.33. The van der Waals surface area contributed by atoms with Crippen molar-refractivity contribution in [3.63, 3.8) is 0 Å². The Labute approximate surface area is 94.9 Å². The summed E-state index contributed by atoms with van der Waals surface area (Å²) in [6.07, 6.45) is 0. The highest BCUT2D eigenvalue weighted by Gasteiger charge is 2.21. The van der Waals surface area contributed by atoms with E-state index in [2.05, 4.69) is 10.2 Å². The fourth-order valence-corrected chi connectivity index (χ4v) is 2.09. The molecular formula is C12H17FN2O. The molecule has 1 aromatic carbocycles. The van der Waals surface area contributed by atoms with Crippen molar-refractivity contribution in [3.05, 3.63) is 29.8 Å². The minimum absolute atomic E-state index is 0.178. The van der Waals surface area contributed by atoms with E-state index in [0.29, 0.717) is 0 Å². The summed E-state index contributed by atoms with van der Waals surface area (Å²) < 4.78 is 13.1. The smallest absolute Gasteiger partial charge is 0.115 e. The van der Waals surface area contributed by atoms with Crippen LogP contribution < -0.4 is 5.32 Å². The summed E-state index contributed by atoms with van der Waals surface area (Å²) in [6.45, 7) is 3.18. The number of phenolic OH excluding ortho intramolecular Hbond substituents is 1. The molecule has 0 bridgehead atoms. The van der Waals surface area contributed by atoms with Crippen LogP contribution in [0.3, 0.4) is 0 Å². The molecule has 0 amide bonds. The van der Waals surface area contributed by atoms with Crippen LogP contribution in [0.25, 0.3) is 0 Å².